The third kappa shape index (κ3) is 3.66. The van der Waals surface area contributed by atoms with Crippen LogP contribution in [0.2, 0.25) is 0 Å². The molecule has 1 saturated heterocycles. The van der Waals surface area contributed by atoms with E-state index >= 15 is 0 Å². The van der Waals surface area contributed by atoms with E-state index < -0.39 is 0 Å². The van der Waals surface area contributed by atoms with Crippen molar-refractivity contribution >= 4 is 5.78 Å². The van der Waals surface area contributed by atoms with Crippen LogP contribution in [0, 0.1) is 5.92 Å². The molecule has 4 heteroatoms. The zero-order valence-electron chi connectivity index (χ0n) is 12.1. The molecule has 0 bridgehead atoms. The van der Waals surface area contributed by atoms with E-state index in [0.717, 1.165) is 44.5 Å². The maximum Gasteiger partial charge on any atom is 0.143 e. The van der Waals surface area contributed by atoms with E-state index in [9.17, 15) is 4.79 Å². The van der Waals surface area contributed by atoms with Gasteiger partial charge in [-0.1, -0.05) is 13.8 Å². The number of carbonyl (C=O) groups excluding carboxylic acids is 1. The van der Waals surface area contributed by atoms with Crippen molar-refractivity contribution in [2.75, 3.05) is 13.1 Å². The Labute approximate surface area is 115 Å². The number of rotatable bonds is 6. The van der Waals surface area contributed by atoms with Crippen LogP contribution in [0.3, 0.4) is 0 Å². The van der Waals surface area contributed by atoms with Crippen molar-refractivity contribution in [1.82, 2.24) is 15.1 Å². The number of nitrogens with zero attached hydrogens (tertiary/aromatic N) is 2. The van der Waals surface area contributed by atoms with E-state index in [0.29, 0.717) is 18.2 Å². The van der Waals surface area contributed by atoms with Gasteiger partial charge in [0.2, 0.25) is 0 Å². The fourth-order valence-electron chi connectivity index (χ4n) is 2.79. The normalized spacial score (nSPS) is 19.8. The highest BCUT2D eigenvalue weighted by atomic mass is 16.1. The first kappa shape index (κ1) is 14.3. The van der Waals surface area contributed by atoms with Gasteiger partial charge in [-0.25, -0.2) is 0 Å². The Morgan fingerprint density at radius 2 is 2.32 bits per heavy atom. The molecule has 1 unspecified atom stereocenters. The minimum absolute atomic E-state index is 0.187. The quantitative estimate of drug-likeness (QED) is 0.857. The number of hydrogen-bond donors (Lipinski definition) is 1. The highest BCUT2D eigenvalue weighted by molar-refractivity contribution is 5.83. The van der Waals surface area contributed by atoms with E-state index in [1.165, 1.54) is 0 Å². The van der Waals surface area contributed by atoms with Crippen LogP contribution in [0.25, 0.3) is 0 Å². The molecule has 0 spiro atoms. The molecule has 0 saturated carbocycles. The van der Waals surface area contributed by atoms with Crippen molar-refractivity contribution in [1.29, 1.82) is 0 Å². The molecule has 1 N–H and O–H groups in total. The van der Waals surface area contributed by atoms with E-state index in [1.54, 1.807) is 0 Å². The molecule has 1 aromatic rings. The van der Waals surface area contributed by atoms with E-state index in [2.05, 4.69) is 24.3 Å². The van der Waals surface area contributed by atoms with Crippen molar-refractivity contribution in [3.63, 3.8) is 0 Å². The number of aromatic nitrogens is 2. The van der Waals surface area contributed by atoms with Crippen molar-refractivity contribution < 1.29 is 4.79 Å². The monoisotopic (exact) mass is 263 g/mol. The van der Waals surface area contributed by atoms with Gasteiger partial charge in [-0.2, -0.15) is 5.10 Å². The average molecular weight is 263 g/mol. The van der Waals surface area contributed by atoms with Crippen molar-refractivity contribution in [2.45, 2.75) is 52.0 Å². The van der Waals surface area contributed by atoms with E-state index in [4.69, 9.17) is 0 Å². The molecule has 2 rings (SSSR count). The predicted octanol–water partition coefficient (Wildman–Crippen LogP) is 2.36. The SMILES string of the molecule is CCC(CC)n1ccc(CC(=O)C2CCCNC2)n1. The third-order valence-electron chi connectivity index (χ3n) is 4.09. The minimum atomic E-state index is 0.187. The topological polar surface area (TPSA) is 46.9 Å². The number of nitrogens with one attached hydrogen (secondary N) is 1. The van der Waals surface area contributed by atoms with Gasteiger partial charge in [0.15, 0.2) is 0 Å². The lowest BCUT2D eigenvalue weighted by atomic mass is 9.93. The Balaban J connectivity index is 1.93. The molecule has 1 aliphatic rings. The lowest BCUT2D eigenvalue weighted by Crippen LogP contribution is -2.35. The second kappa shape index (κ2) is 6.85. The van der Waals surface area contributed by atoms with Crippen molar-refractivity contribution in [3.8, 4) is 0 Å². The molecule has 1 aromatic heterocycles. The van der Waals surface area contributed by atoms with Gasteiger partial charge in [-0.05, 0) is 38.3 Å². The highest BCUT2D eigenvalue weighted by Gasteiger charge is 2.21. The molecule has 0 radical (unpaired) electrons. The van der Waals surface area contributed by atoms with Crippen LogP contribution in [-0.4, -0.2) is 28.7 Å². The van der Waals surface area contributed by atoms with Crippen LogP contribution in [-0.2, 0) is 11.2 Å². The molecular formula is C15H25N3O. The lowest BCUT2D eigenvalue weighted by molar-refractivity contribution is -0.122. The second-order valence-electron chi connectivity index (χ2n) is 5.44. The summed E-state index contributed by atoms with van der Waals surface area (Å²) in [5, 5.41) is 7.86. The molecule has 1 aliphatic heterocycles. The average Bonchev–Trinajstić information content (AvgIpc) is 2.89. The molecule has 1 atom stereocenters. The summed E-state index contributed by atoms with van der Waals surface area (Å²) in [4.78, 5) is 12.2. The first-order chi connectivity index (χ1) is 9.24. The highest BCUT2D eigenvalue weighted by Crippen LogP contribution is 2.17. The van der Waals surface area contributed by atoms with Crippen molar-refractivity contribution in [2.24, 2.45) is 5.92 Å². The van der Waals surface area contributed by atoms with Crippen LogP contribution < -0.4 is 5.32 Å². The van der Waals surface area contributed by atoms with Gasteiger partial charge < -0.3 is 5.32 Å². The third-order valence-corrected chi connectivity index (χ3v) is 4.09. The fraction of sp³-hybridized carbons (Fsp3) is 0.733. The number of piperidine rings is 1. The summed E-state index contributed by atoms with van der Waals surface area (Å²) in [6.45, 7) is 6.24. The van der Waals surface area contributed by atoms with Crippen LogP contribution in [0.4, 0.5) is 0 Å². The van der Waals surface area contributed by atoms with Gasteiger partial charge in [-0.3, -0.25) is 9.48 Å². The Morgan fingerprint density at radius 3 is 2.95 bits per heavy atom. The number of Topliss-reactive ketones (excluding diaryl/α,β-unsaturated/α-hetero) is 1. The van der Waals surface area contributed by atoms with Gasteiger partial charge >= 0.3 is 0 Å². The van der Waals surface area contributed by atoms with Crippen LogP contribution >= 0.6 is 0 Å². The molecule has 0 aliphatic carbocycles. The predicted molar refractivity (Wildman–Crippen MR) is 76.2 cm³/mol. The molecule has 106 valence electrons. The molecule has 0 amide bonds. The largest absolute Gasteiger partial charge is 0.316 e. The molecule has 0 aromatic carbocycles. The second-order valence-corrected chi connectivity index (χ2v) is 5.44. The van der Waals surface area contributed by atoms with Crippen LogP contribution in [0.1, 0.15) is 51.3 Å². The van der Waals surface area contributed by atoms with Gasteiger partial charge in [0.05, 0.1) is 18.2 Å². The summed E-state index contributed by atoms with van der Waals surface area (Å²) in [5.74, 6) is 0.522. The maximum atomic E-state index is 12.2. The zero-order chi connectivity index (χ0) is 13.7. The first-order valence-corrected chi connectivity index (χ1v) is 7.52. The smallest absolute Gasteiger partial charge is 0.143 e. The van der Waals surface area contributed by atoms with Gasteiger partial charge in [0.25, 0.3) is 0 Å². The summed E-state index contributed by atoms with van der Waals surface area (Å²) in [6, 6.07) is 2.45. The minimum Gasteiger partial charge on any atom is -0.316 e. The standard InChI is InChI=1S/C15H25N3O/c1-3-14(4-2)18-9-7-13(17-18)10-15(19)12-6-5-8-16-11-12/h7,9,12,14,16H,3-6,8,10-11H2,1-2H3. The summed E-state index contributed by atoms with van der Waals surface area (Å²) < 4.78 is 2.02. The Morgan fingerprint density at radius 1 is 1.53 bits per heavy atom. The van der Waals surface area contributed by atoms with Crippen LogP contribution in [0.5, 0.6) is 0 Å². The van der Waals surface area contributed by atoms with E-state index in [-0.39, 0.29) is 5.92 Å². The molecule has 19 heavy (non-hydrogen) atoms. The van der Waals surface area contributed by atoms with Gasteiger partial charge in [-0.15, -0.1) is 0 Å². The fourth-order valence-corrected chi connectivity index (χ4v) is 2.79. The van der Waals surface area contributed by atoms with Gasteiger partial charge in [0.1, 0.15) is 5.78 Å². The molecule has 1 fully saturated rings. The zero-order valence-corrected chi connectivity index (χ0v) is 12.1. The maximum absolute atomic E-state index is 12.2. The van der Waals surface area contributed by atoms with E-state index in [1.807, 2.05) is 16.9 Å². The summed E-state index contributed by atoms with van der Waals surface area (Å²) >= 11 is 0. The van der Waals surface area contributed by atoms with Crippen molar-refractivity contribution in [3.05, 3.63) is 18.0 Å². The number of carbonyl (C=O) groups is 1. The Hall–Kier alpha value is -1.16. The first-order valence-electron chi connectivity index (χ1n) is 7.52. The van der Waals surface area contributed by atoms with Crippen LogP contribution in [0.15, 0.2) is 12.3 Å². The summed E-state index contributed by atoms with van der Waals surface area (Å²) in [6.07, 6.45) is 6.80. The summed E-state index contributed by atoms with van der Waals surface area (Å²) in [7, 11) is 0. The molecule has 2 heterocycles. The van der Waals surface area contributed by atoms with Gasteiger partial charge in [0, 0.05) is 18.7 Å². The lowest BCUT2D eigenvalue weighted by Gasteiger charge is -2.21. The molecule has 4 nitrogen and oxygen atoms in total. The number of hydrogen-bond acceptors (Lipinski definition) is 3. The Bertz CT molecular complexity index is 403. The Kier molecular flexibility index (Phi) is 5.14. The number of ketones is 1. The molecular weight excluding hydrogens is 238 g/mol. The summed E-state index contributed by atoms with van der Waals surface area (Å²) in [5.41, 5.74) is 0.919.